The molecule has 0 bridgehead atoms. The van der Waals surface area contributed by atoms with Crippen molar-refractivity contribution in [3.05, 3.63) is 58.6 Å². The molecule has 8 heteroatoms. The van der Waals surface area contributed by atoms with Gasteiger partial charge in [-0.15, -0.1) is 0 Å². The van der Waals surface area contributed by atoms with E-state index < -0.39 is 10.0 Å². The molecule has 0 saturated carbocycles. The summed E-state index contributed by atoms with van der Waals surface area (Å²) >= 11 is 6.04. The molecule has 6 nitrogen and oxygen atoms in total. The van der Waals surface area contributed by atoms with Crippen molar-refractivity contribution in [2.75, 3.05) is 31.5 Å². The lowest BCUT2D eigenvalue weighted by atomic mass is 10.0. The minimum atomic E-state index is -3.58. The molecule has 1 fully saturated rings. The van der Waals surface area contributed by atoms with Crippen molar-refractivity contribution in [2.45, 2.75) is 24.3 Å². The van der Waals surface area contributed by atoms with Crippen molar-refractivity contribution >= 4 is 33.2 Å². The van der Waals surface area contributed by atoms with Gasteiger partial charge >= 0.3 is 0 Å². The summed E-state index contributed by atoms with van der Waals surface area (Å²) < 4.78 is 27.7. The fourth-order valence-electron chi connectivity index (χ4n) is 3.73. The predicted octanol–water partition coefficient (Wildman–Crippen LogP) is 2.90. The zero-order chi connectivity index (χ0) is 19.9. The number of piperazine rings is 1. The number of hydrogen-bond acceptors (Lipinski definition) is 4. The molecule has 0 unspecified atom stereocenters. The molecule has 2 heterocycles. The molecule has 4 rings (SSSR count). The lowest BCUT2D eigenvalue weighted by Crippen LogP contribution is -2.48. The third-order valence-electron chi connectivity index (χ3n) is 5.40. The molecule has 0 aromatic heterocycles. The molecular formula is C20H22ClN3O3S. The number of carbonyl (C=O) groups is 1. The molecule has 1 saturated heterocycles. The van der Waals surface area contributed by atoms with E-state index in [0.29, 0.717) is 36.9 Å². The number of amides is 1. The number of fused-ring (bicyclic) bond motifs is 1. The molecule has 28 heavy (non-hydrogen) atoms. The summed E-state index contributed by atoms with van der Waals surface area (Å²) in [4.78, 5) is 14.3. The maximum absolute atomic E-state index is 13.1. The van der Waals surface area contributed by atoms with Crippen molar-refractivity contribution < 1.29 is 13.2 Å². The highest BCUT2D eigenvalue weighted by Crippen LogP contribution is 2.34. The van der Waals surface area contributed by atoms with Crippen LogP contribution in [-0.2, 0) is 21.4 Å². The van der Waals surface area contributed by atoms with Gasteiger partial charge in [0.25, 0.3) is 0 Å². The smallest absolute Gasteiger partial charge is 0.243 e. The Bertz CT molecular complexity index is 1020. The molecular weight excluding hydrogens is 398 g/mol. The lowest BCUT2D eigenvalue weighted by molar-refractivity contribution is -0.116. The molecule has 0 aliphatic carbocycles. The summed E-state index contributed by atoms with van der Waals surface area (Å²) in [6, 6.07) is 12.6. The van der Waals surface area contributed by atoms with E-state index in [2.05, 4.69) is 10.2 Å². The van der Waals surface area contributed by atoms with E-state index in [1.807, 2.05) is 24.3 Å². The van der Waals surface area contributed by atoms with Gasteiger partial charge in [-0.2, -0.15) is 4.31 Å². The third kappa shape index (κ3) is 3.67. The van der Waals surface area contributed by atoms with Gasteiger partial charge in [0.2, 0.25) is 15.9 Å². The molecule has 2 aromatic rings. The maximum atomic E-state index is 13.1. The number of nitrogens with one attached hydrogen (secondary N) is 1. The highest BCUT2D eigenvalue weighted by Gasteiger charge is 2.32. The quantitative estimate of drug-likeness (QED) is 0.827. The van der Waals surface area contributed by atoms with Gasteiger partial charge in [-0.25, -0.2) is 8.42 Å². The van der Waals surface area contributed by atoms with Crippen LogP contribution in [0.25, 0.3) is 0 Å². The highest BCUT2D eigenvalue weighted by atomic mass is 35.5. The average Bonchev–Trinajstić information content (AvgIpc) is 2.96. The molecule has 1 N–H and O–H groups in total. The Morgan fingerprint density at radius 2 is 1.86 bits per heavy atom. The number of carbonyl (C=O) groups excluding carboxylic acids is 1. The van der Waals surface area contributed by atoms with Crippen LogP contribution >= 0.6 is 11.6 Å². The summed E-state index contributed by atoms with van der Waals surface area (Å²) in [5.41, 5.74) is 2.56. The first-order valence-electron chi connectivity index (χ1n) is 9.26. The highest BCUT2D eigenvalue weighted by molar-refractivity contribution is 7.89. The van der Waals surface area contributed by atoms with Crippen LogP contribution in [0.5, 0.6) is 0 Å². The zero-order valence-corrected chi connectivity index (χ0v) is 17.1. The SMILES string of the molecule is C[C@H]1C(=O)Nc2ccc(S(=O)(=O)N3CCN(Cc4cccc(Cl)c4)CC3)cc21. The topological polar surface area (TPSA) is 69.7 Å². The number of sulfonamides is 1. The van der Waals surface area contributed by atoms with Crippen molar-refractivity contribution in [1.29, 1.82) is 0 Å². The predicted molar refractivity (Wildman–Crippen MR) is 109 cm³/mol. The number of halogens is 1. The van der Waals surface area contributed by atoms with Crippen LogP contribution in [0.2, 0.25) is 5.02 Å². The Balaban J connectivity index is 1.45. The van der Waals surface area contributed by atoms with E-state index in [-0.39, 0.29) is 16.7 Å². The first-order valence-corrected chi connectivity index (χ1v) is 11.1. The van der Waals surface area contributed by atoms with Crippen molar-refractivity contribution in [3.8, 4) is 0 Å². The van der Waals surface area contributed by atoms with E-state index in [4.69, 9.17) is 11.6 Å². The monoisotopic (exact) mass is 419 g/mol. The van der Waals surface area contributed by atoms with Gasteiger partial charge in [0.15, 0.2) is 0 Å². The van der Waals surface area contributed by atoms with Crippen LogP contribution in [0, 0.1) is 0 Å². The van der Waals surface area contributed by atoms with Crippen molar-refractivity contribution in [3.63, 3.8) is 0 Å². The minimum Gasteiger partial charge on any atom is -0.325 e. The van der Waals surface area contributed by atoms with Crippen LogP contribution in [0.3, 0.4) is 0 Å². The molecule has 1 amide bonds. The Hall–Kier alpha value is -1.93. The van der Waals surface area contributed by atoms with E-state index >= 15 is 0 Å². The van der Waals surface area contributed by atoms with Crippen molar-refractivity contribution in [2.24, 2.45) is 0 Å². The number of nitrogens with zero attached hydrogens (tertiary/aromatic N) is 2. The summed E-state index contributed by atoms with van der Waals surface area (Å²) in [6.45, 7) is 4.73. The molecule has 2 aliphatic rings. The van der Waals surface area contributed by atoms with E-state index in [9.17, 15) is 13.2 Å². The second kappa shape index (κ2) is 7.48. The standard InChI is InChI=1S/C20H22ClN3O3S/c1-14-18-12-17(5-6-19(18)22-20(14)25)28(26,27)24-9-7-23(8-10-24)13-15-3-2-4-16(21)11-15/h2-6,11-12,14H,7-10,13H2,1H3,(H,22,25)/t14-/m1/s1. The molecule has 0 radical (unpaired) electrons. The first-order chi connectivity index (χ1) is 13.3. The van der Waals surface area contributed by atoms with Crippen LogP contribution < -0.4 is 5.32 Å². The number of rotatable bonds is 4. The Morgan fingerprint density at radius 3 is 2.57 bits per heavy atom. The average molecular weight is 420 g/mol. The van der Waals surface area contributed by atoms with Gasteiger partial charge in [-0.05, 0) is 48.4 Å². The van der Waals surface area contributed by atoms with Gasteiger partial charge < -0.3 is 5.32 Å². The molecule has 1 atom stereocenters. The van der Waals surface area contributed by atoms with Gasteiger partial charge in [0, 0.05) is 43.4 Å². The Morgan fingerprint density at radius 1 is 1.11 bits per heavy atom. The first kappa shape index (κ1) is 19.4. The third-order valence-corrected chi connectivity index (χ3v) is 7.53. The van der Waals surface area contributed by atoms with Crippen LogP contribution in [-0.4, -0.2) is 49.7 Å². The molecule has 0 spiro atoms. The number of hydrogen-bond donors (Lipinski definition) is 1. The van der Waals surface area contributed by atoms with Gasteiger partial charge in [0.05, 0.1) is 10.8 Å². The Kier molecular flexibility index (Phi) is 5.18. The lowest BCUT2D eigenvalue weighted by Gasteiger charge is -2.34. The molecule has 2 aromatic carbocycles. The summed E-state index contributed by atoms with van der Waals surface area (Å²) in [6.07, 6.45) is 0. The normalized spacial score (nSPS) is 20.8. The zero-order valence-electron chi connectivity index (χ0n) is 15.6. The van der Waals surface area contributed by atoms with E-state index in [1.165, 1.54) is 4.31 Å². The van der Waals surface area contributed by atoms with Crippen LogP contribution in [0.15, 0.2) is 47.4 Å². The maximum Gasteiger partial charge on any atom is 0.243 e. The Labute approximate surface area is 170 Å². The van der Waals surface area contributed by atoms with Gasteiger partial charge in [-0.3, -0.25) is 9.69 Å². The van der Waals surface area contributed by atoms with Gasteiger partial charge in [0.1, 0.15) is 0 Å². The summed E-state index contributed by atoms with van der Waals surface area (Å²) in [5.74, 6) is -0.432. The second-order valence-electron chi connectivity index (χ2n) is 7.27. The van der Waals surface area contributed by atoms with Crippen LogP contribution in [0.4, 0.5) is 5.69 Å². The number of benzene rings is 2. The number of anilines is 1. The fraction of sp³-hybridized carbons (Fsp3) is 0.350. The summed E-state index contributed by atoms with van der Waals surface area (Å²) in [5, 5.41) is 3.48. The van der Waals surface area contributed by atoms with E-state index in [0.717, 1.165) is 17.7 Å². The fourth-order valence-corrected chi connectivity index (χ4v) is 5.40. The second-order valence-corrected chi connectivity index (χ2v) is 9.64. The molecule has 2 aliphatic heterocycles. The summed E-state index contributed by atoms with van der Waals surface area (Å²) in [7, 11) is -3.58. The van der Waals surface area contributed by atoms with Crippen LogP contribution in [0.1, 0.15) is 24.0 Å². The molecule has 148 valence electrons. The van der Waals surface area contributed by atoms with Crippen molar-refractivity contribution in [1.82, 2.24) is 9.21 Å². The van der Waals surface area contributed by atoms with Gasteiger partial charge in [-0.1, -0.05) is 23.7 Å². The minimum absolute atomic E-state index is 0.0980. The largest absolute Gasteiger partial charge is 0.325 e. The van der Waals surface area contributed by atoms with E-state index in [1.54, 1.807) is 25.1 Å².